The van der Waals surface area contributed by atoms with Crippen molar-refractivity contribution < 1.29 is 0 Å². The first-order valence-electron chi connectivity index (χ1n) is 9.96. The monoisotopic (exact) mass is 399 g/mol. The molecule has 0 radical (unpaired) electrons. The molecule has 1 fully saturated rings. The van der Waals surface area contributed by atoms with Crippen molar-refractivity contribution >= 4 is 22.3 Å². The number of aromatic amines is 2. The predicted molar refractivity (Wildman–Crippen MR) is 116 cm³/mol. The number of para-hydroxylation sites is 1. The fraction of sp³-hybridized carbons (Fsp3) is 0.273. The van der Waals surface area contributed by atoms with Crippen molar-refractivity contribution in [2.24, 2.45) is 7.05 Å². The summed E-state index contributed by atoms with van der Waals surface area (Å²) < 4.78 is 1.99. The summed E-state index contributed by atoms with van der Waals surface area (Å²) in [5.41, 5.74) is 4.12. The van der Waals surface area contributed by atoms with Crippen LogP contribution in [0.2, 0.25) is 0 Å². The number of nitrogens with one attached hydrogen (secondary N) is 2. The molecule has 4 aromatic rings. The Bertz CT molecular complexity index is 1320. The van der Waals surface area contributed by atoms with Crippen LogP contribution >= 0.6 is 0 Å². The Morgan fingerprint density at radius 3 is 2.73 bits per heavy atom. The van der Waals surface area contributed by atoms with Gasteiger partial charge in [-0.2, -0.15) is 0 Å². The molecule has 1 aliphatic heterocycles. The number of anilines is 1. The van der Waals surface area contributed by atoms with Crippen molar-refractivity contribution in [3.05, 3.63) is 70.3 Å². The molecule has 30 heavy (non-hydrogen) atoms. The third-order valence-corrected chi connectivity index (χ3v) is 5.94. The third kappa shape index (κ3) is 2.95. The Labute approximate surface area is 173 Å². The number of hydrogen-bond acceptors (Lipinski definition) is 4. The first-order chi connectivity index (χ1) is 14.7. The summed E-state index contributed by atoms with van der Waals surface area (Å²) in [6.07, 6.45) is 3.65. The van der Waals surface area contributed by atoms with Gasteiger partial charge in [-0.15, -0.1) is 10.2 Å². The highest BCUT2D eigenvalue weighted by molar-refractivity contribution is 5.92. The first kappa shape index (κ1) is 18.2. The minimum Gasteiger partial charge on any atom is -0.380 e. The predicted octanol–water partition coefficient (Wildman–Crippen LogP) is 3.59. The van der Waals surface area contributed by atoms with E-state index in [1.807, 2.05) is 48.0 Å². The first-order valence-corrected chi connectivity index (χ1v) is 9.96. The summed E-state index contributed by atoms with van der Waals surface area (Å²) in [5.74, 6) is 1.39. The van der Waals surface area contributed by atoms with Gasteiger partial charge in [0.05, 0.1) is 17.5 Å². The molecule has 0 spiro atoms. The minimum absolute atomic E-state index is 0.140. The summed E-state index contributed by atoms with van der Waals surface area (Å²) >= 11 is 0. The summed E-state index contributed by atoms with van der Waals surface area (Å²) in [5, 5.41) is 14.4. The maximum atomic E-state index is 12.1. The van der Waals surface area contributed by atoms with Crippen LogP contribution < -0.4 is 10.5 Å². The number of rotatable bonds is 3. The molecule has 1 aliphatic rings. The molecule has 2 aromatic carbocycles. The Hall–Kier alpha value is -3.86. The van der Waals surface area contributed by atoms with Crippen molar-refractivity contribution in [3.63, 3.8) is 0 Å². The Morgan fingerprint density at radius 2 is 2.00 bits per heavy atom. The second-order valence-electron chi connectivity index (χ2n) is 7.69. The number of benzene rings is 2. The van der Waals surface area contributed by atoms with Crippen molar-refractivity contribution in [1.29, 1.82) is 0 Å². The van der Waals surface area contributed by atoms with Gasteiger partial charge in [-0.05, 0) is 36.1 Å². The van der Waals surface area contributed by atoms with E-state index in [1.54, 1.807) is 6.33 Å². The van der Waals surface area contributed by atoms with Crippen LogP contribution in [-0.2, 0) is 7.05 Å². The highest BCUT2D eigenvalue weighted by Crippen LogP contribution is 2.41. The average Bonchev–Trinajstić information content (AvgIpc) is 3.38. The molecule has 0 aliphatic carbocycles. The SMILES string of the molecule is [C-]#[N+]c1cccc(-c2ccc3[nH][nH]c(=O)c3c2)c1N1CCC(c2nncn2C)CC1. The largest absolute Gasteiger partial charge is 0.380 e. The Kier molecular flexibility index (Phi) is 4.36. The zero-order valence-corrected chi connectivity index (χ0v) is 16.6. The second-order valence-corrected chi connectivity index (χ2v) is 7.69. The Balaban J connectivity index is 1.52. The molecule has 0 saturated carbocycles. The molecule has 0 atom stereocenters. The van der Waals surface area contributed by atoms with E-state index in [1.165, 1.54) is 0 Å². The van der Waals surface area contributed by atoms with Crippen LogP contribution in [0.4, 0.5) is 11.4 Å². The van der Waals surface area contributed by atoms with Gasteiger partial charge in [0.15, 0.2) is 0 Å². The van der Waals surface area contributed by atoms with E-state index in [9.17, 15) is 4.79 Å². The Morgan fingerprint density at radius 1 is 1.17 bits per heavy atom. The van der Waals surface area contributed by atoms with E-state index >= 15 is 0 Å². The standard InChI is InChI=1S/C22H21N7O/c1-23-19-5-3-4-16(15-6-7-18-17(12-15)22(30)27-25-18)20(19)29-10-8-14(9-11-29)21-26-24-13-28(21)2/h3-7,12-14H,8-11H2,2H3,(H2,25,27,30). The lowest BCUT2D eigenvalue weighted by atomic mass is 9.93. The summed E-state index contributed by atoms with van der Waals surface area (Å²) in [7, 11) is 1.98. The maximum absolute atomic E-state index is 12.1. The molecule has 150 valence electrons. The number of piperidine rings is 1. The lowest BCUT2D eigenvalue weighted by Crippen LogP contribution is -2.34. The lowest BCUT2D eigenvalue weighted by Gasteiger charge is -2.35. The molecular weight excluding hydrogens is 378 g/mol. The van der Waals surface area contributed by atoms with E-state index in [4.69, 9.17) is 6.57 Å². The molecule has 1 saturated heterocycles. The molecule has 2 N–H and O–H groups in total. The van der Waals surface area contributed by atoms with E-state index in [2.05, 4.69) is 30.1 Å². The van der Waals surface area contributed by atoms with E-state index in [-0.39, 0.29) is 5.56 Å². The number of aromatic nitrogens is 5. The van der Waals surface area contributed by atoms with Crippen LogP contribution in [0.5, 0.6) is 0 Å². The van der Waals surface area contributed by atoms with Gasteiger partial charge in [0.25, 0.3) is 5.56 Å². The molecule has 5 rings (SSSR count). The van der Waals surface area contributed by atoms with Crippen LogP contribution in [0.15, 0.2) is 47.5 Å². The van der Waals surface area contributed by atoms with Gasteiger partial charge in [0.2, 0.25) is 5.69 Å². The topological polar surface area (TPSA) is 87.0 Å². The van der Waals surface area contributed by atoms with Crippen LogP contribution in [0.25, 0.3) is 26.9 Å². The summed E-state index contributed by atoms with van der Waals surface area (Å²) in [6.45, 7) is 9.38. The molecule has 2 aromatic heterocycles. The number of H-pyrrole nitrogens is 2. The zero-order chi connectivity index (χ0) is 20.7. The van der Waals surface area contributed by atoms with Gasteiger partial charge in [-0.1, -0.05) is 24.3 Å². The third-order valence-electron chi connectivity index (χ3n) is 5.94. The van der Waals surface area contributed by atoms with E-state index in [0.29, 0.717) is 17.0 Å². The highest BCUT2D eigenvalue weighted by Gasteiger charge is 2.26. The normalized spacial score (nSPS) is 14.9. The van der Waals surface area contributed by atoms with Gasteiger partial charge in [0, 0.05) is 31.7 Å². The fourth-order valence-electron chi connectivity index (χ4n) is 4.41. The maximum Gasteiger partial charge on any atom is 0.271 e. The lowest BCUT2D eigenvalue weighted by molar-refractivity contribution is 0.474. The second kappa shape index (κ2) is 7.19. The van der Waals surface area contributed by atoms with Crippen molar-refractivity contribution in [2.75, 3.05) is 18.0 Å². The van der Waals surface area contributed by atoms with Crippen molar-refractivity contribution in [1.82, 2.24) is 25.0 Å². The van der Waals surface area contributed by atoms with Gasteiger partial charge in [-0.25, -0.2) is 4.85 Å². The van der Waals surface area contributed by atoms with Crippen molar-refractivity contribution in [2.45, 2.75) is 18.8 Å². The molecule has 3 heterocycles. The highest BCUT2D eigenvalue weighted by atomic mass is 16.1. The van der Waals surface area contributed by atoms with Gasteiger partial charge in [0.1, 0.15) is 12.2 Å². The molecule has 0 amide bonds. The summed E-state index contributed by atoms with van der Waals surface area (Å²) in [4.78, 5) is 18.2. The molecule has 8 heteroatoms. The molecule has 0 bridgehead atoms. The summed E-state index contributed by atoms with van der Waals surface area (Å²) in [6, 6.07) is 11.6. The zero-order valence-electron chi connectivity index (χ0n) is 16.6. The molecule has 0 unspecified atom stereocenters. The quantitative estimate of drug-likeness (QED) is 0.516. The molecular formula is C22H21N7O. The number of hydrogen-bond donors (Lipinski definition) is 2. The van der Waals surface area contributed by atoms with E-state index < -0.39 is 0 Å². The van der Waals surface area contributed by atoms with E-state index in [0.717, 1.165) is 54.1 Å². The number of aryl methyl sites for hydroxylation is 1. The van der Waals surface area contributed by atoms with Crippen LogP contribution in [0.1, 0.15) is 24.6 Å². The van der Waals surface area contributed by atoms with Gasteiger partial charge >= 0.3 is 0 Å². The van der Waals surface area contributed by atoms with Crippen LogP contribution in [0.3, 0.4) is 0 Å². The van der Waals surface area contributed by atoms with Gasteiger partial charge in [-0.3, -0.25) is 15.0 Å². The van der Waals surface area contributed by atoms with Crippen molar-refractivity contribution in [3.8, 4) is 11.1 Å². The number of nitrogens with zero attached hydrogens (tertiary/aromatic N) is 5. The van der Waals surface area contributed by atoms with Crippen LogP contribution in [0, 0.1) is 6.57 Å². The molecule has 8 nitrogen and oxygen atoms in total. The minimum atomic E-state index is -0.140. The average molecular weight is 399 g/mol. The van der Waals surface area contributed by atoms with Crippen LogP contribution in [-0.4, -0.2) is 38.1 Å². The van der Waals surface area contributed by atoms with Gasteiger partial charge < -0.3 is 9.47 Å². The fourth-order valence-corrected chi connectivity index (χ4v) is 4.41. The number of fused-ring (bicyclic) bond motifs is 1. The smallest absolute Gasteiger partial charge is 0.271 e.